The first-order chi connectivity index (χ1) is 23.6. The van der Waals surface area contributed by atoms with Crippen LogP contribution in [-0.4, -0.2) is 94.1 Å². The minimum Gasteiger partial charge on any atom is -0.508 e. The second-order valence-electron chi connectivity index (χ2n) is 13.2. The number of anilines is 1. The lowest BCUT2D eigenvalue weighted by Gasteiger charge is -2.44. The molecule has 9 nitrogen and oxygen atoms in total. The van der Waals surface area contributed by atoms with E-state index in [1.165, 1.54) is 18.2 Å². The number of fused-ring (bicyclic) bond motifs is 4. The standard InChI is InChI=1S/C35H33F5N6O3/c1-3-20-22(37)7-6-17-12-19(47)13-21(24(17)20)27-26(38)28-25-32(44-34(43-28)48-16-35-8-5-10-45(35)15-18(36)14-35)46-11-9-41-23(4-2)29(46)30(31(39)40)49-33(25)42-27/h1,6-7,12-13,18,23,29-31,41,47H,4-5,8-11,14-16H2,2H3/t18-,23+,29+,30+,35+/m1/s1. The van der Waals surface area contributed by atoms with Crippen molar-refractivity contribution in [1.29, 1.82) is 0 Å². The van der Waals surface area contributed by atoms with E-state index in [1.807, 2.05) is 6.92 Å². The van der Waals surface area contributed by atoms with Crippen LogP contribution in [-0.2, 0) is 0 Å². The van der Waals surface area contributed by atoms with Gasteiger partial charge in [-0.25, -0.2) is 26.9 Å². The van der Waals surface area contributed by atoms with Crippen molar-refractivity contribution in [3.8, 4) is 41.2 Å². The number of hydrogen-bond acceptors (Lipinski definition) is 9. The monoisotopic (exact) mass is 680 g/mol. The second-order valence-corrected chi connectivity index (χ2v) is 13.2. The maximum atomic E-state index is 17.1. The van der Waals surface area contributed by atoms with Crippen LogP contribution in [0.1, 0.15) is 38.2 Å². The summed E-state index contributed by atoms with van der Waals surface area (Å²) in [7, 11) is 0. The van der Waals surface area contributed by atoms with Gasteiger partial charge in [0.2, 0.25) is 5.88 Å². The summed E-state index contributed by atoms with van der Waals surface area (Å²) in [5.41, 5.74) is -1.63. The predicted octanol–water partition coefficient (Wildman–Crippen LogP) is 5.35. The zero-order chi connectivity index (χ0) is 34.2. The van der Waals surface area contributed by atoms with Gasteiger partial charge in [0, 0.05) is 43.0 Å². The first-order valence-corrected chi connectivity index (χ1v) is 16.4. The molecule has 0 unspecified atom stereocenters. The molecule has 3 fully saturated rings. The Morgan fingerprint density at radius 2 is 2.02 bits per heavy atom. The number of benzene rings is 2. The Morgan fingerprint density at radius 3 is 2.80 bits per heavy atom. The van der Waals surface area contributed by atoms with E-state index in [4.69, 9.17) is 15.9 Å². The fraction of sp³-hybridized carbons (Fsp3) is 0.457. The molecule has 8 rings (SSSR count). The number of pyridine rings is 1. The van der Waals surface area contributed by atoms with Gasteiger partial charge in [0.15, 0.2) is 11.9 Å². The average Bonchev–Trinajstić information content (AvgIpc) is 3.57. The van der Waals surface area contributed by atoms with Crippen LogP contribution in [0.5, 0.6) is 17.6 Å². The van der Waals surface area contributed by atoms with Gasteiger partial charge >= 0.3 is 6.01 Å². The number of phenols is 1. The highest BCUT2D eigenvalue weighted by Gasteiger charge is 2.50. The summed E-state index contributed by atoms with van der Waals surface area (Å²) in [6, 6.07) is 3.44. The molecule has 4 aliphatic heterocycles. The molecule has 6 heterocycles. The van der Waals surface area contributed by atoms with Gasteiger partial charge in [0.25, 0.3) is 6.43 Å². The fourth-order valence-electron chi connectivity index (χ4n) is 8.34. The van der Waals surface area contributed by atoms with Crippen molar-refractivity contribution < 1.29 is 36.5 Å². The smallest absolute Gasteiger partial charge is 0.319 e. The number of phenolic OH excluding ortho intramolecular Hbond substituents is 1. The zero-order valence-corrected chi connectivity index (χ0v) is 26.5. The van der Waals surface area contributed by atoms with E-state index >= 15 is 4.39 Å². The average molecular weight is 681 g/mol. The van der Waals surface area contributed by atoms with Gasteiger partial charge in [-0.1, -0.05) is 18.9 Å². The van der Waals surface area contributed by atoms with Crippen molar-refractivity contribution in [3.63, 3.8) is 0 Å². The summed E-state index contributed by atoms with van der Waals surface area (Å²) >= 11 is 0. The number of nitrogens with one attached hydrogen (secondary N) is 1. The number of halogens is 5. The zero-order valence-electron chi connectivity index (χ0n) is 26.5. The molecule has 49 heavy (non-hydrogen) atoms. The van der Waals surface area contributed by atoms with E-state index in [2.05, 4.69) is 31.1 Å². The number of ether oxygens (including phenoxy) is 2. The summed E-state index contributed by atoms with van der Waals surface area (Å²) < 4.78 is 88.7. The first-order valence-electron chi connectivity index (χ1n) is 16.4. The molecule has 2 aromatic heterocycles. The minimum atomic E-state index is -2.98. The number of nitrogens with zero attached hydrogens (tertiary/aromatic N) is 5. The van der Waals surface area contributed by atoms with E-state index < -0.39 is 53.7 Å². The number of alkyl halides is 3. The highest BCUT2D eigenvalue weighted by atomic mass is 19.3. The molecule has 2 aromatic carbocycles. The van der Waals surface area contributed by atoms with E-state index in [9.17, 15) is 22.7 Å². The molecule has 0 aliphatic carbocycles. The Labute approximate surface area is 278 Å². The number of piperazine rings is 1. The summed E-state index contributed by atoms with van der Waals surface area (Å²) in [4.78, 5) is 17.3. The molecule has 5 atom stereocenters. The fourth-order valence-corrected chi connectivity index (χ4v) is 8.34. The number of aromatic nitrogens is 3. The summed E-state index contributed by atoms with van der Waals surface area (Å²) in [6.45, 7) is 3.61. The highest BCUT2D eigenvalue weighted by Crippen LogP contribution is 2.46. The van der Waals surface area contributed by atoms with E-state index in [0.29, 0.717) is 31.3 Å². The van der Waals surface area contributed by atoms with Crippen molar-refractivity contribution >= 4 is 27.5 Å². The van der Waals surface area contributed by atoms with E-state index in [1.54, 1.807) is 4.90 Å². The maximum Gasteiger partial charge on any atom is 0.319 e. The van der Waals surface area contributed by atoms with E-state index in [0.717, 1.165) is 19.0 Å². The molecule has 0 amide bonds. The second kappa shape index (κ2) is 11.8. The lowest BCUT2D eigenvalue weighted by molar-refractivity contribution is -0.0142. The molecule has 14 heteroatoms. The van der Waals surface area contributed by atoms with Crippen molar-refractivity contribution in [3.05, 3.63) is 41.5 Å². The predicted molar refractivity (Wildman–Crippen MR) is 172 cm³/mol. The van der Waals surface area contributed by atoms with Gasteiger partial charge in [-0.15, -0.1) is 6.42 Å². The third-order valence-electron chi connectivity index (χ3n) is 10.5. The number of aromatic hydroxyl groups is 1. The summed E-state index contributed by atoms with van der Waals surface area (Å²) in [5, 5.41) is 14.3. The molecule has 0 saturated carbocycles. The molecule has 4 aromatic rings. The quantitative estimate of drug-likeness (QED) is 0.207. The van der Waals surface area contributed by atoms with Crippen LogP contribution in [0.4, 0.5) is 27.8 Å². The topological polar surface area (TPSA) is 95.9 Å². The van der Waals surface area contributed by atoms with E-state index in [-0.39, 0.29) is 70.4 Å². The minimum absolute atomic E-state index is 0.0309. The van der Waals surface area contributed by atoms with Gasteiger partial charge in [-0.05, 0) is 49.4 Å². The van der Waals surface area contributed by atoms with Crippen molar-refractivity contribution in [2.45, 2.75) is 68.9 Å². The maximum absolute atomic E-state index is 17.1. The molecule has 0 bridgehead atoms. The van der Waals surface area contributed by atoms with Crippen LogP contribution < -0.4 is 19.7 Å². The Balaban J connectivity index is 1.37. The Morgan fingerprint density at radius 1 is 1.18 bits per heavy atom. The van der Waals surface area contributed by atoms with Crippen molar-refractivity contribution in [1.82, 2.24) is 25.2 Å². The summed E-state index contributed by atoms with van der Waals surface area (Å²) in [6.07, 6.45) is 2.32. The third-order valence-corrected chi connectivity index (χ3v) is 10.5. The van der Waals surface area contributed by atoms with Gasteiger partial charge in [0.1, 0.15) is 46.8 Å². The van der Waals surface area contributed by atoms with Gasteiger partial charge in [-0.2, -0.15) is 9.97 Å². The van der Waals surface area contributed by atoms with Crippen LogP contribution in [0, 0.1) is 24.0 Å². The molecular formula is C35H33F5N6O3. The third kappa shape index (κ3) is 5.00. The molecule has 0 radical (unpaired) electrons. The van der Waals surface area contributed by atoms with Crippen LogP contribution in [0.25, 0.3) is 32.9 Å². The van der Waals surface area contributed by atoms with Crippen LogP contribution in [0.3, 0.4) is 0 Å². The number of hydrogen-bond donors (Lipinski definition) is 2. The normalized spacial score (nSPS) is 26.4. The van der Waals surface area contributed by atoms with Crippen molar-refractivity contribution in [2.75, 3.05) is 37.7 Å². The van der Waals surface area contributed by atoms with Gasteiger partial charge in [-0.3, -0.25) is 4.90 Å². The van der Waals surface area contributed by atoms with Crippen molar-refractivity contribution in [2.24, 2.45) is 0 Å². The Hall–Kier alpha value is -4.48. The first kappa shape index (κ1) is 31.8. The van der Waals surface area contributed by atoms with Crippen LogP contribution in [0.2, 0.25) is 0 Å². The van der Waals surface area contributed by atoms with Crippen LogP contribution >= 0.6 is 0 Å². The molecule has 256 valence electrons. The molecular weight excluding hydrogens is 647 g/mol. The largest absolute Gasteiger partial charge is 0.508 e. The van der Waals surface area contributed by atoms with Crippen LogP contribution in [0.15, 0.2) is 24.3 Å². The lowest BCUT2D eigenvalue weighted by atomic mass is 9.95. The number of terminal acetylenes is 1. The Kier molecular flexibility index (Phi) is 7.68. The lowest BCUT2D eigenvalue weighted by Crippen LogP contribution is -2.64. The van der Waals surface area contributed by atoms with Gasteiger partial charge in [0.05, 0.1) is 17.1 Å². The number of rotatable bonds is 6. The molecule has 0 spiro atoms. The molecule has 2 N–H and O–H groups in total. The highest BCUT2D eigenvalue weighted by molar-refractivity contribution is 6.04. The molecule has 4 aliphatic rings. The SMILES string of the molecule is C#Cc1c(F)ccc2cc(O)cc(-c3nc4c5c(nc(OC[C@@]67CCCN6C[C@H](F)C7)nc5c3F)N3CCN[C@@H](CC)[C@H]3[C@@H](C(F)F)O4)c12. The summed E-state index contributed by atoms with van der Waals surface area (Å²) in [5.74, 6) is 0.00954. The molecule has 3 saturated heterocycles. The Bertz CT molecular complexity index is 2030. The van der Waals surface area contributed by atoms with Gasteiger partial charge < -0.3 is 24.8 Å².